The molecular weight excluding hydrogens is 347 g/mol. The monoisotopic (exact) mass is 372 g/mol. The first-order valence-electron chi connectivity index (χ1n) is 7.52. The Balaban J connectivity index is 2.10. The minimum Gasteiger partial charge on any atom is -0.314 e. The van der Waals surface area contributed by atoms with E-state index in [9.17, 15) is 0 Å². The highest BCUT2D eigenvalue weighted by atomic mass is 127. The van der Waals surface area contributed by atoms with E-state index < -0.39 is 0 Å². The molecule has 1 N–H and O–H groups in total. The van der Waals surface area contributed by atoms with Gasteiger partial charge >= 0.3 is 0 Å². The van der Waals surface area contributed by atoms with Gasteiger partial charge < -0.3 is 5.32 Å². The average molecular weight is 372 g/mol. The molecule has 1 heterocycles. The fourth-order valence-electron chi connectivity index (χ4n) is 2.86. The predicted molar refractivity (Wildman–Crippen MR) is 90.5 cm³/mol. The van der Waals surface area contributed by atoms with Gasteiger partial charge in [0.25, 0.3) is 0 Å². The van der Waals surface area contributed by atoms with Gasteiger partial charge in [0.15, 0.2) is 0 Å². The molecule has 19 heavy (non-hydrogen) atoms. The van der Waals surface area contributed by atoms with Gasteiger partial charge in [0.05, 0.1) is 0 Å². The van der Waals surface area contributed by atoms with E-state index in [1.807, 2.05) is 0 Å². The minimum atomic E-state index is 0.613. The van der Waals surface area contributed by atoms with Crippen LogP contribution in [-0.4, -0.2) is 31.1 Å². The molecule has 0 radical (unpaired) electrons. The second-order valence-electron chi connectivity index (χ2n) is 5.32. The molecule has 0 bridgehead atoms. The second-order valence-corrected chi connectivity index (χ2v) is 6.48. The Morgan fingerprint density at radius 2 is 1.95 bits per heavy atom. The van der Waals surface area contributed by atoms with Crippen LogP contribution in [0.25, 0.3) is 0 Å². The summed E-state index contributed by atoms with van der Waals surface area (Å²) >= 11 is 2.49. The lowest BCUT2D eigenvalue weighted by Gasteiger charge is -2.36. The van der Waals surface area contributed by atoms with E-state index in [-0.39, 0.29) is 0 Å². The van der Waals surface area contributed by atoms with Gasteiger partial charge in [-0.2, -0.15) is 0 Å². The van der Waals surface area contributed by atoms with Crippen molar-refractivity contribution in [3.63, 3.8) is 0 Å². The lowest BCUT2D eigenvalue weighted by molar-refractivity contribution is 0.162. The molecule has 2 nitrogen and oxygen atoms in total. The Morgan fingerprint density at radius 3 is 2.63 bits per heavy atom. The van der Waals surface area contributed by atoms with Gasteiger partial charge in [-0.1, -0.05) is 44.4 Å². The van der Waals surface area contributed by atoms with Crippen molar-refractivity contribution in [2.45, 2.75) is 38.6 Å². The van der Waals surface area contributed by atoms with E-state index >= 15 is 0 Å². The van der Waals surface area contributed by atoms with E-state index in [2.05, 4.69) is 64.0 Å². The Hall–Kier alpha value is -0.130. The summed E-state index contributed by atoms with van der Waals surface area (Å²) in [7, 11) is 0. The fourth-order valence-corrected chi connectivity index (χ4v) is 3.61. The van der Waals surface area contributed by atoms with Crippen molar-refractivity contribution in [3.8, 4) is 0 Å². The van der Waals surface area contributed by atoms with Crippen molar-refractivity contribution >= 4 is 22.6 Å². The lowest BCUT2D eigenvalue weighted by atomic mass is 9.98. The molecule has 106 valence electrons. The molecular formula is C16H25IN2. The third-order valence-corrected chi connectivity index (χ3v) is 4.92. The van der Waals surface area contributed by atoms with Crippen molar-refractivity contribution in [3.05, 3.63) is 33.4 Å². The zero-order valence-corrected chi connectivity index (χ0v) is 14.0. The number of nitrogens with zero attached hydrogens (tertiary/aromatic N) is 1. The molecule has 1 aromatic carbocycles. The van der Waals surface area contributed by atoms with Crippen LogP contribution in [0.1, 0.15) is 44.2 Å². The number of benzene rings is 1. The Bertz CT molecular complexity index is 375. The van der Waals surface area contributed by atoms with Crippen molar-refractivity contribution < 1.29 is 0 Å². The van der Waals surface area contributed by atoms with Crippen molar-refractivity contribution in [2.75, 3.05) is 26.2 Å². The summed E-state index contributed by atoms with van der Waals surface area (Å²) in [6.07, 6.45) is 5.30. The minimum absolute atomic E-state index is 0.613. The Labute approximate surface area is 131 Å². The lowest BCUT2D eigenvalue weighted by Crippen LogP contribution is -2.45. The zero-order valence-electron chi connectivity index (χ0n) is 11.9. The molecule has 0 aromatic heterocycles. The standard InChI is InChI=1S/C16H25IN2/c1-2-3-4-9-16(19-12-10-18-11-13-19)14-7-5-6-8-15(14)17/h5-8,16,18H,2-4,9-13H2,1H3/t16-/m1/s1. The second kappa shape index (κ2) is 8.22. The van der Waals surface area contributed by atoms with Gasteiger partial charge in [-0.05, 0) is 40.6 Å². The summed E-state index contributed by atoms with van der Waals surface area (Å²) in [5, 5.41) is 3.46. The number of nitrogens with one attached hydrogen (secondary N) is 1. The summed E-state index contributed by atoms with van der Waals surface area (Å²) in [4.78, 5) is 2.67. The summed E-state index contributed by atoms with van der Waals surface area (Å²) in [6, 6.07) is 9.51. The van der Waals surface area contributed by atoms with Crippen LogP contribution in [-0.2, 0) is 0 Å². The molecule has 1 aromatic rings. The maximum atomic E-state index is 3.46. The molecule has 1 aliphatic heterocycles. The molecule has 1 fully saturated rings. The molecule has 1 atom stereocenters. The van der Waals surface area contributed by atoms with E-state index in [1.165, 1.54) is 47.9 Å². The summed E-state index contributed by atoms with van der Waals surface area (Å²) in [5.41, 5.74) is 1.53. The van der Waals surface area contributed by atoms with E-state index in [1.54, 1.807) is 0 Å². The average Bonchev–Trinajstić information content (AvgIpc) is 2.46. The topological polar surface area (TPSA) is 15.3 Å². The van der Waals surface area contributed by atoms with Gasteiger partial charge in [0, 0.05) is 35.8 Å². The number of hydrogen-bond acceptors (Lipinski definition) is 2. The molecule has 1 saturated heterocycles. The zero-order chi connectivity index (χ0) is 13.5. The molecule has 0 aliphatic carbocycles. The van der Waals surface area contributed by atoms with Gasteiger partial charge in [-0.15, -0.1) is 0 Å². The maximum absolute atomic E-state index is 3.46. The molecule has 2 rings (SSSR count). The van der Waals surface area contributed by atoms with Crippen LogP contribution in [0.4, 0.5) is 0 Å². The van der Waals surface area contributed by atoms with E-state index in [0.717, 1.165) is 13.1 Å². The van der Waals surface area contributed by atoms with Crippen LogP contribution in [0.15, 0.2) is 24.3 Å². The molecule has 3 heteroatoms. The first kappa shape index (κ1) is 15.3. The summed E-state index contributed by atoms with van der Waals surface area (Å²) < 4.78 is 1.42. The first-order chi connectivity index (χ1) is 9.33. The normalized spacial score (nSPS) is 18.4. The largest absolute Gasteiger partial charge is 0.314 e. The third-order valence-electron chi connectivity index (χ3n) is 3.94. The number of halogens is 1. The van der Waals surface area contributed by atoms with Crippen LogP contribution < -0.4 is 5.32 Å². The number of hydrogen-bond donors (Lipinski definition) is 1. The highest BCUT2D eigenvalue weighted by Crippen LogP contribution is 2.30. The number of rotatable bonds is 6. The van der Waals surface area contributed by atoms with Crippen molar-refractivity contribution in [2.24, 2.45) is 0 Å². The molecule has 0 spiro atoms. The smallest absolute Gasteiger partial charge is 0.0359 e. The van der Waals surface area contributed by atoms with Crippen LogP contribution in [0.3, 0.4) is 0 Å². The quantitative estimate of drug-likeness (QED) is 0.603. The Kier molecular flexibility index (Phi) is 6.61. The van der Waals surface area contributed by atoms with Crippen LogP contribution in [0.5, 0.6) is 0 Å². The molecule has 0 unspecified atom stereocenters. The fraction of sp³-hybridized carbons (Fsp3) is 0.625. The highest BCUT2D eigenvalue weighted by molar-refractivity contribution is 14.1. The highest BCUT2D eigenvalue weighted by Gasteiger charge is 2.22. The van der Waals surface area contributed by atoms with E-state index in [0.29, 0.717) is 6.04 Å². The van der Waals surface area contributed by atoms with Gasteiger partial charge in [-0.25, -0.2) is 0 Å². The first-order valence-corrected chi connectivity index (χ1v) is 8.60. The van der Waals surface area contributed by atoms with Crippen LogP contribution in [0.2, 0.25) is 0 Å². The van der Waals surface area contributed by atoms with Gasteiger partial charge in [0.2, 0.25) is 0 Å². The third kappa shape index (κ3) is 4.43. The van der Waals surface area contributed by atoms with Crippen LogP contribution >= 0.6 is 22.6 Å². The van der Waals surface area contributed by atoms with Crippen molar-refractivity contribution in [1.29, 1.82) is 0 Å². The van der Waals surface area contributed by atoms with Crippen LogP contribution in [0, 0.1) is 3.57 Å². The van der Waals surface area contributed by atoms with Crippen molar-refractivity contribution in [1.82, 2.24) is 10.2 Å². The maximum Gasteiger partial charge on any atom is 0.0359 e. The summed E-state index contributed by atoms with van der Waals surface area (Å²) in [6.45, 7) is 6.91. The summed E-state index contributed by atoms with van der Waals surface area (Å²) in [5.74, 6) is 0. The number of unbranched alkanes of at least 4 members (excludes halogenated alkanes) is 2. The van der Waals surface area contributed by atoms with Gasteiger partial charge in [-0.3, -0.25) is 4.90 Å². The van der Waals surface area contributed by atoms with Gasteiger partial charge in [0.1, 0.15) is 0 Å². The SMILES string of the molecule is CCCCC[C@H](c1ccccc1I)N1CCNCC1. The molecule has 0 saturated carbocycles. The number of piperazine rings is 1. The van der Waals surface area contributed by atoms with E-state index in [4.69, 9.17) is 0 Å². The Morgan fingerprint density at radius 1 is 1.21 bits per heavy atom. The molecule has 0 amide bonds. The predicted octanol–water partition coefficient (Wildman–Crippen LogP) is 3.82. The molecule has 1 aliphatic rings.